The first-order valence-corrected chi connectivity index (χ1v) is 12.0. The SMILES string of the molecule is Cc1ccc(S(=O)(=O)Nc2ccc(C(=O)NCCC3CCN(C)CC3)c(Cl)c2)cc1. The van der Waals surface area contributed by atoms with Crippen LogP contribution < -0.4 is 10.0 Å². The van der Waals surface area contributed by atoms with E-state index in [0.717, 1.165) is 37.9 Å². The minimum absolute atomic E-state index is 0.167. The van der Waals surface area contributed by atoms with E-state index in [4.69, 9.17) is 11.6 Å². The topological polar surface area (TPSA) is 78.5 Å². The van der Waals surface area contributed by atoms with Crippen LogP contribution in [0, 0.1) is 12.8 Å². The van der Waals surface area contributed by atoms with Crippen LogP contribution in [-0.4, -0.2) is 45.9 Å². The Morgan fingerprint density at radius 2 is 1.80 bits per heavy atom. The molecular formula is C22H28ClN3O3S. The number of halogens is 1. The number of nitrogens with zero attached hydrogens (tertiary/aromatic N) is 1. The van der Waals surface area contributed by atoms with Gasteiger partial charge in [-0.25, -0.2) is 8.42 Å². The van der Waals surface area contributed by atoms with Crippen LogP contribution in [0.15, 0.2) is 47.4 Å². The summed E-state index contributed by atoms with van der Waals surface area (Å²) in [4.78, 5) is 15.0. The average molecular weight is 450 g/mol. The quantitative estimate of drug-likeness (QED) is 0.671. The van der Waals surface area contributed by atoms with Crippen molar-refractivity contribution in [2.75, 3.05) is 31.4 Å². The first-order valence-electron chi connectivity index (χ1n) is 10.1. The summed E-state index contributed by atoms with van der Waals surface area (Å²) in [5, 5.41) is 3.13. The van der Waals surface area contributed by atoms with Gasteiger partial charge < -0.3 is 10.2 Å². The van der Waals surface area contributed by atoms with Gasteiger partial charge in [-0.2, -0.15) is 0 Å². The van der Waals surface area contributed by atoms with Crippen molar-refractivity contribution in [2.45, 2.75) is 31.1 Å². The van der Waals surface area contributed by atoms with Gasteiger partial charge in [-0.3, -0.25) is 9.52 Å². The smallest absolute Gasteiger partial charge is 0.261 e. The number of carbonyl (C=O) groups is 1. The Morgan fingerprint density at radius 1 is 1.13 bits per heavy atom. The number of likely N-dealkylation sites (tertiary alicyclic amines) is 1. The second kappa shape index (κ2) is 9.81. The number of nitrogens with one attached hydrogen (secondary N) is 2. The molecule has 0 radical (unpaired) electrons. The van der Waals surface area contributed by atoms with Crippen molar-refractivity contribution in [3.05, 3.63) is 58.6 Å². The zero-order valence-electron chi connectivity index (χ0n) is 17.3. The van der Waals surface area contributed by atoms with Crippen LogP contribution in [0.3, 0.4) is 0 Å². The molecule has 1 amide bonds. The third-order valence-corrected chi connectivity index (χ3v) is 7.18. The molecule has 30 heavy (non-hydrogen) atoms. The molecule has 1 fully saturated rings. The van der Waals surface area contributed by atoms with E-state index < -0.39 is 10.0 Å². The Morgan fingerprint density at radius 3 is 2.43 bits per heavy atom. The van der Waals surface area contributed by atoms with E-state index in [1.165, 1.54) is 6.07 Å². The maximum atomic E-state index is 12.5. The van der Waals surface area contributed by atoms with Crippen molar-refractivity contribution in [3.8, 4) is 0 Å². The number of aryl methyl sites for hydroxylation is 1. The Labute approximate surface area is 183 Å². The molecule has 0 aliphatic carbocycles. The van der Waals surface area contributed by atoms with Gasteiger partial charge in [0.1, 0.15) is 0 Å². The van der Waals surface area contributed by atoms with Crippen LogP contribution in [0.1, 0.15) is 35.2 Å². The van der Waals surface area contributed by atoms with E-state index in [1.54, 1.807) is 36.4 Å². The normalized spacial score (nSPS) is 15.7. The predicted molar refractivity (Wildman–Crippen MR) is 121 cm³/mol. The number of amides is 1. The van der Waals surface area contributed by atoms with Crippen molar-refractivity contribution in [2.24, 2.45) is 5.92 Å². The molecule has 0 unspecified atom stereocenters. The largest absolute Gasteiger partial charge is 0.352 e. The summed E-state index contributed by atoms with van der Waals surface area (Å²) in [6.45, 7) is 4.70. The lowest BCUT2D eigenvalue weighted by Gasteiger charge is -2.28. The monoisotopic (exact) mass is 449 g/mol. The van der Waals surface area contributed by atoms with Gasteiger partial charge >= 0.3 is 0 Å². The van der Waals surface area contributed by atoms with Gasteiger partial charge in [0.15, 0.2) is 0 Å². The average Bonchev–Trinajstić information content (AvgIpc) is 2.69. The van der Waals surface area contributed by atoms with Gasteiger partial charge in [0.2, 0.25) is 0 Å². The van der Waals surface area contributed by atoms with Gasteiger partial charge in [0.05, 0.1) is 21.2 Å². The summed E-state index contributed by atoms with van der Waals surface area (Å²) in [7, 11) is -1.59. The molecule has 3 rings (SSSR count). The molecule has 1 heterocycles. The first-order chi connectivity index (χ1) is 14.2. The lowest BCUT2D eigenvalue weighted by molar-refractivity contribution is 0.0949. The number of sulfonamides is 1. The lowest BCUT2D eigenvalue weighted by atomic mass is 9.94. The maximum absolute atomic E-state index is 12.5. The Bertz CT molecular complexity index is 985. The fourth-order valence-corrected chi connectivity index (χ4v) is 4.85. The fraction of sp³-hybridized carbons (Fsp3) is 0.409. The van der Waals surface area contributed by atoms with E-state index in [-0.39, 0.29) is 15.8 Å². The summed E-state index contributed by atoms with van der Waals surface area (Å²) >= 11 is 6.26. The van der Waals surface area contributed by atoms with Gasteiger partial charge in [-0.05, 0) is 82.6 Å². The Hall–Kier alpha value is -2.09. The summed E-state index contributed by atoms with van der Waals surface area (Å²) < 4.78 is 27.5. The summed E-state index contributed by atoms with van der Waals surface area (Å²) in [5.74, 6) is 0.386. The predicted octanol–water partition coefficient (Wildman–Crippen LogP) is 3.91. The number of piperidine rings is 1. The highest BCUT2D eigenvalue weighted by Crippen LogP contribution is 2.24. The van der Waals surface area contributed by atoms with Crippen LogP contribution in [0.25, 0.3) is 0 Å². The van der Waals surface area contributed by atoms with Gasteiger partial charge in [0.25, 0.3) is 15.9 Å². The molecule has 1 saturated heterocycles. The summed E-state index contributed by atoms with van der Waals surface area (Å²) in [5.41, 5.74) is 1.62. The van der Waals surface area contributed by atoms with Crippen molar-refractivity contribution >= 4 is 33.2 Å². The van der Waals surface area contributed by atoms with Gasteiger partial charge in [-0.15, -0.1) is 0 Å². The Kier molecular flexibility index (Phi) is 7.39. The van der Waals surface area contributed by atoms with Crippen LogP contribution >= 0.6 is 11.6 Å². The summed E-state index contributed by atoms with van der Waals surface area (Å²) in [6.07, 6.45) is 3.26. The molecule has 1 aliphatic heterocycles. The first kappa shape index (κ1) is 22.6. The van der Waals surface area contributed by atoms with E-state index >= 15 is 0 Å². The molecule has 0 atom stereocenters. The number of benzene rings is 2. The second-order valence-corrected chi connectivity index (χ2v) is 9.99. The molecule has 0 saturated carbocycles. The van der Waals surface area contributed by atoms with E-state index in [1.807, 2.05) is 6.92 Å². The molecule has 6 nitrogen and oxygen atoms in total. The summed E-state index contributed by atoms with van der Waals surface area (Å²) in [6, 6.07) is 11.1. The number of hydrogen-bond acceptors (Lipinski definition) is 4. The minimum Gasteiger partial charge on any atom is -0.352 e. The highest BCUT2D eigenvalue weighted by Gasteiger charge is 2.18. The third kappa shape index (κ3) is 5.97. The van der Waals surface area contributed by atoms with Gasteiger partial charge in [-0.1, -0.05) is 29.3 Å². The number of hydrogen-bond donors (Lipinski definition) is 2. The van der Waals surface area contributed by atoms with E-state index in [0.29, 0.717) is 23.7 Å². The number of carbonyl (C=O) groups excluding carboxylic acids is 1. The number of rotatable bonds is 7. The third-order valence-electron chi connectivity index (χ3n) is 5.47. The molecule has 0 spiro atoms. The molecule has 0 aromatic heterocycles. The lowest BCUT2D eigenvalue weighted by Crippen LogP contribution is -2.32. The fourth-order valence-electron chi connectivity index (χ4n) is 3.53. The van der Waals surface area contributed by atoms with Crippen LogP contribution in [-0.2, 0) is 10.0 Å². The molecule has 2 aromatic carbocycles. The van der Waals surface area contributed by atoms with E-state index in [2.05, 4.69) is 22.0 Å². The van der Waals surface area contributed by atoms with Crippen LogP contribution in [0.2, 0.25) is 5.02 Å². The zero-order valence-corrected chi connectivity index (χ0v) is 18.9. The molecule has 1 aliphatic rings. The second-order valence-electron chi connectivity index (χ2n) is 7.90. The molecule has 2 aromatic rings. The molecule has 0 bridgehead atoms. The molecule has 2 N–H and O–H groups in total. The maximum Gasteiger partial charge on any atom is 0.261 e. The van der Waals surface area contributed by atoms with Crippen LogP contribution in [0.5, 0.6) is 0 Å². The van der Waals surface area contributed by atoms with Gasteiger partial charge in [0, 0.05) is 6.54 Å². The Balaban J connectivity index is 1.57. The highest BCUT2D eigenvalue weighted by atomic mass is 35.5. The molecular weight excluding hydrogens is 422 g/mol. The standard InChI is InChI=1S/C22H28ClN3O3S/c1-16-3-6-19(7-4-16)30(28,29)25-18-5-8-20(21(23)15-18)22(27)24-12-9-17-10-13-26(2)14-11-17/h3-8,15,17,25H,9-14H2,1-2H3,(H,24,27). The molecule has 162 valence electrons. The zero-order chi connectivity index (χ0) is 21.7. The van der Waals surface area contributed by atoms with Crippen molar-refractivity contribution in [3.63, 3.8) is 0 Å². The van der Waals surface area contributed by atoms with Crippen LogP contribution in [0.4, 0.5) is 5.69 Å². The van der Waals surface area contributed by atoms with Crippen molar-refractivity contribution in [1.82, 2.24) is 10.2 Å². The number of anilines is 1. The molecule has 8 heteroatoms. The van der Waals surface area contributed by atoms with Crippen molar-refractivity contribution < 1.29 is 13.2 Å². The highest BCUT2D eigenvalue weighted by molar-refractivity contribution is 7.92. The minimum atomic E-state index is -3.72. The van der Waals surface area contributed by atoms with E-state index in [9.17, 15) is 13.2 Å². The van der Waals surface area contributed by atoms with Crippen molar-refractivity contribution in [1.29, 1.82) is 0 Å².